The summed E-state index contributed by atoms with van der Waals surface area (Å²) in [5, 5.41) is 0. The third-order valence-electron chi connectivity index (χ3n) is 2.55. The van der Waals surface area contributed by atoms with Gasteiger partial charge in [0, 0.05) is 15.3 Å². The highest BCUT2D eigenvalue weighted by molar-refractivity contribution is 7.32. The molecule has 4 heteroatoms. The van der Waals surface area contributed by atoms with Gasteiger partial charge in [0.15, 0.2) is 0 Å². The number of hydrogen-bond donors (Lipinski definition) is 2. The Morgan fingerprint density at radius 1 is 0.824 bits per heavy atom. The van der Waals surface area contributed by atoms with Crippen LogP contribution in [-0.2, 0) is 6.42 Å². The molecule has 17 heavy (non-hydrogen) atoms. The molecule has 2 aromatic carbocycles. The molecule has 1 heterocycles. The van der Waals surface area contributed by atoms with Crippen LogP contribution < -0.4 is 15.7 Å². The molecule has 0 saturated carbocycles. The predicted octanol–water partition coefficient (Wildman–Crippen LogP) is 2.80. The van der Waals surface area contributed by atoms with Crippen molar-refractivity contribution in [1.82, 2.24) is 0 Å². The summed E-state index contributed by atoms with van der Waals surface area (Å²) in [5.41, 5.74) is 11.8. The molecule has 0 unspecified atom stereocenters. The van der Waals surface area contributed by atoms with Gasteiger partial charge in [0.2, 0.25) is 0 Å². The third-order valence-corrected chi connectivity index (χ3v) is 2.55. The van der Waals surface area contributed by atoms with E-state index in [0.29, 0.717) is 0 Å². The zero-order chi connectivity index (χ0) is 12.1. The monoisotopic (exact) mass is 246 g/mol. The maximum atomic E-state index is 5.78. The second-order valence-corrected chi connectivity index (χ2v) is 3.99. The van der Waals surface area contributed by atoms with E-state index in [2.05, 4.69) is 35.3 Å². The number of fused-ring (bicyclic) bond motifs is 2. The van der Waals surface area contributed by atoms with Crippen molar-refractivity contribution in [3.8, 4) is 11.5 Å². The van der Waals surface area contributed by atoms with Crippen LogP contribution >= 0.6 is 8.88 Å². The van der Waals surface area contributed by atoms with Gasteiger partial charge in [0.05, 0.1) is 0 Å². The highest BCUT2D eigenvalue weighted by Crippen LogP contribution is 2.35. The Morgan fingerprint density at radius 2 is 1.24 bits per heavy atom. The molecule has 0 fully saturated rings. The van der Waals surface area contributed by atoms with Crippen molar-refractivity contribution >= 4 is 8.88 Å². The summed E-state index contributed by atoms with van der Waals surface area (Å²) >= 11 is 0. The van der Waals surface area contributed by atoms with E-state index in [1.165, 1.54) is 11.1 Å². The lowest BCUT2D eigenvalue weighted by atomic mass is 10.0. The van der Waals surface area contributed by atoms with Gasteiger partial charge in [-0.05, 0) is 23.3 Å². The standard InChI is InChI=1S/C13H10O.H5N2P/c1-3-7-12-10(5-1)9-11-6-2-4-8-13(11)14-12;1-3-2/h1-8H,9H2;3H,1-2H2. The quantitative estimate of drug-likeness (QED) is 0.599. The van der Waals surface area contributed by atoms with Crippen molar-refractivity contribution in [2.24, 2.45) is 11.0 Å². The number of benzene rings is 2. The molecule has 3 nitrogen and oxygen atoms in total. The zero-order valence-corrected chi connectivity index (χ0v) is 10.4. The van der Waals surface area contributed by atoms with Crippen molar-refractivity contribution < 1.29 is 4.74 Å². The van der Waals surface area contributed by atoms with Crippen LogP contribution in [0.15, 0.2) is 48.5 Å². The number of para-hydroxylation sites is 2. The van der Waals surface area contributed by atoms with Crippen molar-refractivity contribution in [1.29, 1.82) is 0 Å². The van der Waals surface area contributed by atoms with Crippen LogP contribution in [0.5, 0.6) is 11.5 Å². The Hall–Kier alpha value is -1.41. The van der Waals surface area contributed by atoms with E-state index in [1.807, 2.05) is 24.3 Å². The molecule has 1 aliphatic heterocycles. The first-order valence-corrected chi connectivity index (χ1v) is 6.50. The maximum Gasteiger partial charge on any atom is 0.130 e. The van der Waals surface area contributed by atoms with Crippen LogP contribution in [0.4, 0.5) is 0 Å². The fourth-order valence-corrected chi connectivity index (χ4v) is 1.82. The fraction of sp³-hybridized carbons (Fsp3) is 0.0769. The fourth-order valence-electron chi connectivity index (χ4n) is 1.82. The Bertz CT molecular complexity index is 415. The number of hydrogen-bond acceptors (Lipinski definition) is 3. The Morgan fingerprint density at radius 3 is 1.71 bits per heavy atom. The third kappa shape index (κ3) is 2.83. The van der Waals surface area contributed by atoms with E-state index < -0.39 is 0 Å². The Balaban J connectivity index is 0.000000329. The van der Waals surface area contributed by atoms with Gasteiger partial charge < -0.3 is 15.7 Å². The molecule has 4 N–H and O–H groups in total. The molecule has 1 aliphatic rings. The smallest absolute Gasteiger partial charge is 0.130 e. The molecule has 0 aromatic heterocycles. The molecule has 0 spiro atoms. The molecule has 0 radical (unpaired) electrons. The zero-order valence-electron chi connectivity index (χ0n) is 9.39. The number of nitrogens with two attached hydrogens (primary N) is 2. The molecular formula is C13H15N2OP. The van der Waals surface area contributed by atoms with Crippen LogP contribution in [0.3, 0.4) is 0 Å². The summed E-state index contributed by atoms with van der Waals surface area (Å²) < 4.78 is 5.78. The summed E-state index contributed by atoms with van der Waals surface area (Å²) in [6.45, 7) is 0. The minimum atomic E-state index is 0.0833. The Kier molecular flexibility index (Phi) is 4.10. The molecular weight excluding hydrogens is 231 g/mol. The Labute approximate surface area is 103 Å². The van der Waals surface area contributed by atoms with Crippen molar-refractivity contribution in [3.05, 3.63) is 59.7 Å². The maximum absolute atomic E-state index is 5.78. The number of rotatable bonds is 0. The normalized spacial score (nSPS) is 11.4. The van der Waals surface area contributed by atoms with Gasteiger partial charge >= 0.3 is 0 Å². The summed E-state index contributed by atoms with van der Waals surface area (Å²) in [5.74, 6) is 1.98. The van der Waals surface area contributed by atoms with E-state index >= 15 is 0 Å². The first-order chi connectivity index (χ1) is 8.35. The minimum absolute atomic E-state index is 0.0833. The summed E-state index contributed by atoms with van der Waals surface area (Å²) in [7, 11) is 0.0833. The van der Waals surface area contributed by atoms with Crippen molar-refractivity contribution in [3.63, 3.8) is 0 Å². The van der Waals surface area contributed by atoms with E-state index in [1.54, 1.807) is 0 Å². The molecule has 88 valence electrons. The predicted molar refractivity (Wildman–Crippen MR) is 72.5 cm³/mol. The van der Waals surface area contributed by atoms with E-state index in [-0.39, 0.29) is 8.88 Å². The lowest BCUT2D eigenvalue weighted by Gasteiger charge is -2.19. The van der Waals surface area contributed by atoms with E-state index in [4.69, 9.17) is 4.74 Å². The summed E-state index contributed by atoms with van der Waals surface area (Å²) in [6, 6.07) is 16.4. The van der Waals surface area contributed by atoms with E-state index in [0.717, 1.165) is 17.9 Å². The minimum Gasteiger partial charge on any atom is -0.457 e. The van der Waals surface area contributed by atoms with Crippen LogP contribution in [0, 0.1) is 0 Å². The van der Waals surface area contributed by atoms with Gasteiger partial charge in [-0.25, -0.2) is 0 Å². The average molecular weight is 246 g/mol. The highest BCUT2D eigenvalue weighted by Gasteiger charge is 2.14. The molecule has 0 atom stereocenters. The molecule has 0 bridgehead atoms. The lowest BCUT2D eigenvalue weighted by Crippen LogP contribution is -2.01. The van der Waals surface area contributed by atoms with Gasteiger partial charge in [-0.2, -0.15) is 0 Å². The average Bonchev–Trinajstić information content (AvgIpc) is 2.37. The molecule has 2 aromatic rings. The topological polar surface area (TPSA) is 61.3 Å². The van der Waals surface area contributed by atoms with Gasteiger partial charge in [0.25, 0.3) is 0 Å². The van der Waals surface area contributed by atoms with Crippen LogP contribution in [0.1, 0.15) is 11.1 Å². The first kappa shape index (κ1) is 12.1. The summed E-state index contributed by atoms with van der Waals surface area (Å²) in [6.07, 6.45) is 0.979. The molecule has 3 rings (SSSR count). The largest absolute Gasteiger partial charge is 0.457 e. The van der Waals surface area contributed by atoms with Gasteiger partial charge in [0.1, 0.15) is 11.5 Å². The van der Waals surface area contributed by atoms with Crippen LogP contribution in [0.25, 0.3) is 0 Å². The highest BCUT2D eigenvalue weighted by atomic mass is 31.1. The van der Waals surface area contributed by atoms with Gasteiger partial charge in [-0.1, -0.05) is 36.4 Å². The number of ether oxygens (including phenoxy) is 1. The first-order valence-electron chi connectivity index (χ1n) is 5.35. The SMILES string of the molecule is NPN.c1ccc2c(c1)Cc1ccccc1O2. The lowest BCUT2D eigenvalue weighted by molar-refractivity contribution is 0.460. The van der Waals surface area contributed by atoms with Crippen LogP contribution in [0.2, 0.25) is 0 Å². The second-order valence-electron chi connectivity index (χ2n) is 3.66. The van der Waals surface area contributed by atoms with E-state index in [9.17, 15) is 0 Å². The molecule has 0 saturated heterocycles. The van der Waals surface area contributed by atoms with Gasteiger partial charge in [-0.15, -0.1) is 0 Å². The van der Waals surface area contributed by atoms with Crippen molar-refractivity contribution in [2.75, 3.05) is 0 Å². The molecule has 0 aliphatic carbocycles. The van der Waals surface area contributed by atoms with Crippen molar-refractivity contribution in [2.45, 2.75) is 6.42 Å². The van der Waals surface area contributed by atoms with Crippen LogP contribution in [-0.4, -0.2) is 0 Å². The molecule has 0 amide bonds. The van der Waals surface area contributed by atoms with Gasteiger partial charge in [-0.3, -0.25) is 0 Å². The second kappa shape index (κ2) is 5.78. The summed E-state index contributed by atoms with van der Waals surface area (Å²) in [4.78, 5) is 0.